The maximum atomic E-state index is 12.1. The number of hydrogen-bond donors (Lipinski definition) is 3. The summed E-state index contributed by atoms with van der Waals surface area (Å²) in [6.45, 7) is 6.54. The standard InChI is InChI=1S/C15H23N3O2/c1-4-10-16-15(20)18-13-9-7-6-8-12(13)14(19)17-11(3)5-2/h6-9,11H,4-5,10H2,1-3H3,(H,17,19)(H2,16,18,20)/t11-/m0/s1. The van der Waals surface area contributed by atoms with Crippen molar-refractivity contribution in [1.82, 2.24) is 10.6 Å². The first kappa shape index (κ1) is 16.0. The molecule has 0 spiro atoms. The molecule has 1 atom stereocenters. The Labute approximate surface area is 120 Å². The van der Waals surface area contributed by atoms with Crippen molar-refractivity contribution in [3.63, 3.8) is 0 Å². The van der Waals surface area contributed by atoms with Crippen LogP contribution in [0.1, 0.15) is 44.0 Å². The zero-order chi connectivity index (χ0) is 15.0. The summed E-state index contributed by atoms with van der Waals surface area (Å²) in [4.78, 5) is 23.8. The average Bonchev–Trinajstić information content (AvgIpc) is 2.45. The summed E-state index contributed by atoms with van der Waals surface area (Å²) in [5, 5.41) is 8.32. The smallest absolute Gasteiger partial charge is 0.319 e. The molecule has 0 aliphatic carbocycles. The van der Waals surface area contributed by atoms with Crippen LogP contribution in [0.15, 0.2) is 24.3 Å². The summed E-state index contributed by atoms with van der Waals surface area (Å²) < 4.78 is 0. The van der Waals surface area contributed by atoms with E-state index in [1.807, 2.05) is 20.8 Å². The van der Waals surface area contributed by atoms with Gasteiger partial charge in [-0.3, -0.25) is 4.79 Å². The van der Waals surface area contributed by atoms with Crippen LogP contribution in [0.5, 0.6) is 0 Å². The molecule has 0 unspecified atom stereocenters. The van der Waals surface area contributed by atoms with Crippen LogP contribution in [0.25, 0.3) is 0 Å². The van der Waals surface area contributed by atoms with Crippen LogP contribution in [0.4, 0.5) is 10.5 Å². The number of nitrogens with one attached hydrogen (secondary N) is 3. The molecular formula is C15H23N3O2. The Morgan fingerprint density at radius 2 is 1.90 bits per heavy atom. The molecule has 1 rings (SSSR count). The van der Waals surface area contributed by atoms with E-state index in [0.29, 0.717) is 17.8 Å². The van der Waals surface area contributed by atoms with E-state index in [2.05, 4.69) is 16.0 Å². The number of para-hydroxylation sites is 1. The van der Waals surface area contributed by atoms with Crippen LogP contribution in [-0.4, -0.2) is 24.5 Å². The van der Waals surface area contributed by atoms with Crippen LogP contribution in [0.3, 0.4) is 0 Å². The lowest BCUT2D eigenvalue weighted by Crippen LogP contribution is -2.34. The number of amides is 3. The molecule has 1 aromatic carbocycles. The van der Waals surface area contributed by atoms with Crippen molar-refractivity contribution in [2.75, 3.05) is 11.9 Å². The molecule has 0 saturated heterocycles. The van der Waals surface area contributed by atoms with E-state index in [9.17, 15) is 9.59 Å². The second-order valence-electron chi connectivity index (χ2n) is 4.71. The highest BCUT2D eigenvalue weighted by atomic mass is 16.2. The summed E-state index contributed by atoms with van der Waals surface area (Å²) in [6, 6.07) is 6.79. The molecule has 0 bridgehead atoms. The van der Waals surface area contributed by atoms with Crippen molar-refractivity contribution in [2.45, 2.75) is 39.7 Å². The number of carbonyl (C=O) groups excluding carboxylic acids is 2. The molecular weight excluding hydrogens is 254 g/mol. The summed E-state index contributed by atoms with van der Waals surface area (Å²) in [6.07, 6.45) is 1.72. The summed E-state index contributed by atoms with van der Waals surface area (Å²) in [7, 11) is 0. The highest BCUT2D eigenvalue weighted by Gasteiger charge is 2.14. The Morgan fingerprint density at radius 1 is 1.20 bits per heavy atom. The predicted octanol–water partition coefficient (Wildman–Crippen LogP) is 2.75. The van der Waals surface area contributed by atoms with Crippen molar-refractivity contribution in [3.05, 3.63) is 29.8 Å². The molecule has 1 aromatic rings. The number of carbonyl (C=O) groups is 2. The van der Waals surface area contributed by atoms with Crippen LogP contribution >= 0.6 is 0 Å². The highest BCUT2D eigenvalue weighted by molar-refractivity contribution is 6.03. The van der Waals surface area contributed by atoms with Gasteiger partial charge < -0.3 is 16.0 Å². The molecule has 5 nitrogen and oxygen atoms in total. The minimum absolute atomic E-state index is 0.101. The van der Waals surface area contributed by atoms with Crippen LogP contribution in [0, 0.1) is 0 Å². The van der Waals surface area contributed by atoms with Crippen LogP contribution in [0.2, 0.25) is 0 Å². The molecule has 0 fully saturated rings. The average molecular weight is 277 g/mol. The Bertz CT molecular complexity index is 460. The van der Waals surface area contributed by atoms with Gasteiger partial charge in [-0.15, -0.1) is 0 Å². The molecule has 0 aliphatic rings. The lowest BCUT2D eigenvalue weighted by Gasteiger charge is -2.14. The van der Waals surface area contributed by atoms with Crippen molar-refractivity contribution < 1.29 is 9.59 Å². The third-order valence-electron chi connectivity index (χ3n) is 2.95. The molecule has 5 heteroatoms. The minimum atomic E-state index is -0.296. The third kappa shape index (κ3) is 4.91. The maximum absolute atomic E-state index is 12.1. The van der Waals surface area contributed by atoms with Crippen molar-refractivity contribution in [2.24, 2.45) is 0 Å². The van der Waals surface area contributed by atoms with Crippen molar-refractivity contribution >= 4 is 17.6 Å². The number of rotatable bonds is 6. The van der Waals surface area contributed by atoms with Gasteiger partial charge in [0, 0.05) is 12.6 Å². The molecule has 0 radical (unpaired) electrons. The largest absolute Gasteiger partial charge is 0.350 e. The topological polar surface area (TPSA) is 70.2 Å². The second kappa shape index (κ2) is 8.19. The molecule has 20 heavy (non-hydrogen) atoms. The van der Waals surface area contributed by atoms with E-state index in [-0.39, 0.29) is 18.0 Å². The van der Waals surface area contributed by atoms with Crippen LogP contribution in [-0.2, 0) is 0 Å². The van der Waals surface area contributed by atoms with E-state index < -0.39 is 0 Å². The number of urea groups is 1. The van der Waals surface area contributed by atoms with Gasteiger partial charge in [0.2, 0.25) is 0 Å². The van der Waals surface area contributed by atoms with Gasteiger partial charge in [-0.1, -0.05) is 26.0 Å². The van der Waals surface area contributed by atoms with Crippen molar-refractivity contribution in [1.29, 1.82) is 0 Å². The van der Waals surface area contributed by atoms with Gasteiger partial charge in [0.1, 0.15) is 0 Å². The molecule has 3 amide bonds. The number of anilines is 1. The van der Waals surface area contributed by atoms with E-state index in [4.69, 9.17) is 0 Å². The van der Waals surface area contributed by atoms with Gasteiger partial charge >= 0.3 is 6.03 Å². The van der Waals surface area contributed by atoms with Gasteiger partial charge in [0.15, 0.2) is 0 Å². The molecule has 0 heterocycles. The Morgan fingerprint density at radius 3 is 2.55 bits per heavy atom. The Balaban J connectivity index is 2.77. The first-order valence-corrected chi connectivity index (χ1v) is 7.03. The first-order valence-electron chi connectivity index (χ1n) is 7.03. The van der Waals surface area contributed by atoms with Gasteiger partial charge in [-0.25, -0.2) is 4.79 Å². The quantitative estimate of drug-likeness (QED) is 0.748. The molecule has 0 saturated carbocycles. The molecule has 0 aromatic heterocycles. The second-order valence-corrected chi connectivity index (χ2v) is 4.71. The fourth-order valence-electron chi connectivity index (χ4n) is 1.60. The zero-order valence-electron chi connectivity index (χ0n) is 12.3. The monoisotopic (exact) mass is 277 g/mol. The van der Waals surface area contributed by atoms with E-state index in [0.717, 1.165) is 12.8 Å². The maximum Gasteiger partial charge on any atom is 0.319 e. The Kier molecular flexibility index (Phi) is 6.56. The van der Waals surface area contributed by atoms with E-state index in [1.165, 1.54) is 0 Å². The highest BCUT2D eigenvalue weighted by Crippen LogP contribution is 2.15. The van der Waals surface area contributed by atoms with Crippen molar-refractivity contribution in [3.8, 4) is 0 Å². The fourth-order valence-corrected chi connectivity index (χ4v) is 1.60. The van der Waals surface area contributed by atoms with Gasteiger partial charge in [-0.05, 0) is 31.9 Å². The predicted molar refractivity (Wildman–Crippen MR) is 81.0 cm³/mol. The SMILES string of the molecule is CCCNC(=O)Nc1ccccc1C(=O)N[C@@H](C)CC. The van der Waals surface area contributed by atoms with Gasteiger partial charge in [0.05, 0.1) is 11.3 Å². The zero-order valence-corrected chi connectivity index (χ0v) is 12.3. The lowest BCUT2D eigenvalue weighted by molar-refractivity contribution is 0.0940. The van der Waals surface area contributed by atoms with Crippen LogP contribution < -0.4 is 16.0 Å². The minimum Gasteiger partial charge on any atom is -0.350 e. The fraction of sp³-hybridized carbons (Fsp3) is 0.467. The van der Waals surface area contributed by atoms with E-state index >= 15 is 0 Å². The van der Waals surface area contributed by atoms with Gasteiger partial charge in [0.25, 0.3) is 5.91 Å². The number of benzene rings is 1. The Hall–Kier alpha value is -2.04. The summed E-state index contributed by atoms with van der Waals surface area (Å²) >= 11 is 0. The molecule has 0 aliphatic heterocycles. The number of hydrogen-bond acceptors (Lipinski definition) is 2. The normalized spacial score (nSPS) is 11.6. The molecule has 3 N–H and O–H groups in total. The summed E-state index contributed by atoms with van der Waals surface area (Å²) in [5.74, 6) is -0.175. The van der Waals surface area contributed by atoms with Gasteiger partial charge in [-0.2, -0.15) is 0 Å². The summed E-state index contributed by atoms with van der Waals surface area (Å²) in [5.41, 5.74) is 0.987. The first-order chi connectivity index (χ1) is 9.58. The lowest BCUT2D eigenvalue weighted by atomic mass is 10.1. The van der Waals surface area contributed by atoms with E-state index in [1.54, 1.807) is 24.3 Å². The third-order valence-corrected chi connectivity index (χ3v) is 2.95. The molecule has 110 valence electrons.